The number of nitrogens with one attached hydrogen (secondary N) is 1. The highest BCUT2D eigenvalue weighted by molar-refractivity contribution is 9.10. The van der Waals surface area contributed by atoms with Gasteiger partial charge in [0.05, 0.1) is 12.1 Å². The molecule has 1 aromatic carbocycles. The van der Waals surface area contributed by atoms with E-state index in [9.17, 15) is 0 Å². The van der Waals surface area contributed by atoms with Crippen molar-refractivity contribution in [2.75, 3.05) is 0 Å². The Hall–Kier alpha value is -1.79. The van der Waals surface area contributed by atoms with Gasteiger partial charge in [-0.15, -0.1) is 10.2 Å². The summed E-state index contributed by atoms with van der Waals surface area (Å²) in [5.74, 6) is 0.951. The maximum absolute atomic E-state index is 4.49. The third-order valence-corrected chi connectivity index (χ3v) is 4.13. The lowest BCUT2D eigenvalue weighted by atomic mass is 10.1. The molecular formula is C15H16BrN5. The first-order valence-electron chi connectivity index (χ1n) is 6.89. The number of halogens is 1. The molecule has 1 N–H and O–H groups in total. The van der Waals surface area contributed by atoms with E-state index in [1.165, 1.54) is 5.56 Å². The summed E-state index contributed by atoms with van der Waals surface area (Å²) < 4.78 is 3.10. The Morgan fingerprint density at radius 3 is 3.00 bits per heavy atom. The van der Waals surface area contributed by atoms with Gasteiger partial charge in [-0.25, -0.2) is 0 Å². The van der Waals surface area contributed by atoms with Crippen LogP contribution in [-0.4, -0.2) is 19.7 Å². The van der Waals surface area contributed by atoms with Crippen LogP contribution in [0.3, 0.4) is 0 Å². The molecule has 2 aromatic heterocycles. The lowest BCUT2D eigenvalue weighted by molar-refractivity contribution is 0.613. The Kier molecular flexibility index (Phi) is 4.26. The first-order chi connectivity index (χ1) is 10.3. The van der Waals surface area contributed by atoms with Crippen molar-refractivity contribution in [1.82, 2.24) is 25.1 Å². The Morgan fingerprint density at radius 1 is 1.24 bits per heavy atom. The van der Waals surface area contributed by atoms with Crippen LogP contribution >= 0.6 is 15.9 Å². The molecule has 0 aliphatic rings. The highest BCUT2D eigenvalue weighted by Crippen LogP contribution is 2.25. The van der Waals surface area contributed by atoms with Gasteiger partial charge in [-0.1, -0.05) is 28.1 Å². The van der Waals surface area contributed by atoms with E-state index in [2.05, 4.69) is 61.6 Å². The minimum atomic E-state index is 0.693. The number of aromatic nitrogens is 4. The zero-order valence-electron chi connectivity index (χ0n) is 11.8. The summed E-state index contributed by atoms with van der Waals surface area (Å²) in [6, 6.07) is 8.18. The number of pyridine rings is 1. The fourth-order valence-electron chi connectivity index (χ4n) is 2.33. The van der Waals surface area contributed by atoms with Crippen LogP contribution < -0.4 is 5.32 Å². The molecule has 3 rings (SSSR count). The van der Waals surface area contributed by atoms with Crippen molar-refractivity contribution < 1.29 is 0 Å². The van der Waals surface area contributed by atoms with E-state index >= 15 is 0 Å². The largest absolute Gasteiger partial charge is 0.317 e. The number of fused-ring (bicyclic) bond motifs is 1. The van der Waals surface area contributed by atoms with Crippen LogP contribution in [0.5, 0.6) is 0 Å². The van der Waals surface area contributed by atoms with Crippen molar-refractivity contribution in [3.05, 3.63) is 52.7 Å². The third-order valence-electron chi connectivity index (χ3n) is 3.44. The topological polar surface area (TPSA) is 55.6 Å². The second-order valence-electron chi connectivity index (χ2n) is 4.74. The zero-order valence-corrected chi connectivity index (χ0v) is 13.3. The molecule has 2 heterocycles. The fourth-order valence-corrected chi connectivity index (χ4v) is 2.78. The van der Waals surface area contributed by atoms with Crippen LogP contribution in [0.2, 0.25) is 0 Å². The quantitative estimate of drug-likeness (QED) is 0.772. The van der Waals surface area contributed by atoms with E-state index in [0.717, 1.165) is 34.3 Å². The van der Waals surface area contributed by atoms with Gasteiger partial charge in [0.15, 0.2) is 0 Å². The zero-order chi connectivity index (χ0) is 14.7. The summed E-state index contributed by atoms with van der Waals surface area (Å²) in [5.41, 5.74) is 2.20. The second kappa shape index (κ2) is 6.32. The molecule has 3 aromatic rings. The molecule has 0 saturated heterocycles. The monoisotopic (exact) mass is 345 g/mol. The molecule has 0 aliphatic carbocycles. The van der Waals surface area contributed by atoms with Crippen molar-refractivity contribution in [2.24, 2.45) is 0 Å². The molecule has 21 heavy (non-hydrogen) atoms. The highest BCUT2D eigenvalue weighted by Gasteiger charge is 2.06. The van der Waals surface area contributed by atoms with Gasteiger partial charge in [-0.2, -0.15) is 0 Å². The molecule has 5 nitrogen and oxygen atoms in total. The number of rotatable bonds is 5. The standard InChI is InChI=1S/C15H16BrN5/c1-2-21-10-19-20-14(21)9-17-8-11-5-6-13(16)12-4-3-7-18-15(11)12/h3-7,10,17H,2,8-9H2,1H3. The van der Waals surface area contributed by atoms with Gasteiger partial charge in [0.2, 0.25) is 0 Å². The van der Waals surface area contributed by atoms with Crippen molar-refractivity contribution >= 4 is 26.8 Å². The SMILES string of the molecule is CCn1cnnc1CNCc1ccc(Br)c2cccnc12. The van der Waals surface area contributed by atoms with Gasteiger partial charge in [0, 0.05) is 29.1 Å². The summed E-state index contributed by atoms with van der Waals surface area (Å²) in [6.45, 7) is 4.40. The van der Waals surface area contributed by atoms with Crippen LogP contribution in [0, 0.1) is 0 Å². The molecule has 6 heteroatoms. The van der Waals surface area contributed by atoms with Gasteiger partial charge in [0.1, 0.15) is 12.2 Å². The van der Waals surface area contributed by atoms with Crippen molar-refractivity contribution in [3.8, 4) is 0 Å². The van der Waals surface area contributed by atoms with E-state index in [-0.39, 0.29) is 0 Å². The van der Waals surface area contributed by atoms with E-state index in [0.29, 0.717) is 6.54 Å². The van der Waals surface area contributed by atoms with E-state index < -0.39 is 0 Å². The van der Waals surface area contributed by atoms with Gasteiger partial charge in [0.25, 0.3) is 0 Å². The predicted octanol–water partition coefficient (Wildman–Crippen LogP) is 2.90. The van der Waals surface area contributed by atoms with Gasteiger partial charge in [-0.3, -0.25) is 4.98 Å². The Labute approximate surface area is 131 Å². The number of nitrogens with zero attached hydrogens (tertiary/aromatic N) is 4. The minimum Gasteiger partial charge on any atom is -0.317 e. The molecule has 0 saturated carbocycles. The van der Waals surface area contributed by atoms with Gasteiger partial charge >= 0.3 is 0 Å². The van der Waals surface area contributed by atoms with Crippen molar-refractivity contribution in [3.63, 3.8) is 0 Å². The average molecular weight is 346 g/mol. The smallest absolute Gasteiger partial charge is 0.146 e. The maximum Gasteiger partial charge on any atom is 0.146 e. The second-order valence-corrected chi connectivity index (χ2v) is 5.60. The lowest BCUT2D eigenvalue weighted by Gasteiger charge is -2.09. The summed E-state index contributed by atoms with van der Waals surface area (Å²) >= 11 is 3.57. The summed E-state index contributed by atoms with van der Waals surface area (Å²) in [5, 5.41) is 12.6. The first-order valence-corrected chi connectivity index (χ1v) is 7.68. The lowest BCUT2D eigenvalue weighted by Crippen LogP contribution is -2.16. The minimum absolute atomic E-state index is 0.693. The van der Waals surface area contributed by atoms with E-state index in [4.69, 9.17) is 0 Å². The Bertz CT molecular complexity index is 753. The molecule has 0 spiro atoms. The van der Waals surface area contributed by atoms with Crippen molar-refractivity contribution in [1.29, 1.82) is 0 Å². The molecule has 0 atom stereocenters. The molecule has 0 amide bonds. The van der Waals surface area contributed by atoms with Crippen LogP contribution in [0.25, 0.3) is 10.9 Å². The van der Waals surface area contributed by atoms with E-state index in [1.54, 1.807) is 6.33 Å². The van der Waals surface area contributed by atoms with E-state index in [1.807, 2.05) is 16.8 Å². The molecule has 0 unspecified atom stereocenters. The molecule has 0 aliphatic heterocycles. The maximum atomic E-state index is 4.49. The summed E-state index contributed by atoms with van der Waals surface area (Å²) in [7, 11) is 0. The predicted molar refractivity (Wildman–Crippen MR) is 85.7 cm³/mol. The van der Waals surface area contributed by atoms with Gasteiger partial charge in [-0.05, 0) is 24.6 Å². The number of aryl methyl sites for hydroxylation is 1. The summed E-state index contributed by atoms with van der Waals surface area (Å²) in [4.78, 5) is 4.49. The van der Waals surface area contributed by atoms with Crippen LogP contribution in [0.4, 0.5) is 0 Å². The van der Waals surface area contributed by atoms with Crippen LogP contribution in [0.1, 0.15) is 18.3 Å². The Balaban J connectivity index is 1.75. The molecule has 0 fully saturated rings. The molecule has 108 valence electrons. The number of hydrogen-bond acceptors (Lipinski definition) is 4. The van der Waals surface area contributed by atoms with Crippen LogP contribution in [0.15, 0.2) is 41.3 Å². The highest BCUT2D eigenvalue weighted by atomic mass is 79.9. The van der Waals surface area contributed by atoms with Gasteiger partial charge < -0.3 is 9.88 Å². The number of benzene rings is 1. The first kappa shape index (κ1) is 14.2. The molecule has 0 radical (unpaired) electrons. The van der Waals surface area contributed by atoms with Crippen LogP contribution in [-0.2, 0) is 19.6 Å². The summed E-state index contributed by atoms with van der Waals surface area (Å²) in [6.07, 6.45) is 3.58. The average Bonchev–Trinajstić information content (AvgIpc) is 2.97. The molecule has 0 bridgehead atoms. The Morgan fingerprint density at radius 2 is 2.14 bits per heavy atom. The normalized spacial score (nSPS) is 11.1. The third kappa shape index (κ3) is 2.96. The molecular weight excluding hydrogens is 330 g/mol. The fraction of sp³-hybridized carbons (Fsp3) is 0.267. The van der Waals surface area contributed by atoms with Crippen molar-refractivity contribution in [2.45, 2.75) is 26.6 Å². The number of hydrogen-bond donors (Lipinski definition) is 1.